The van der Waals surface area contributed by atoms with E-state index in [9.17, 15) is 9.59 Å². The van der Waals surface area contributed by atoms with Crippen molar-refractivity contribution in [1.29, 1.82) is 0 Å². The van der Waals surface area contributed by atoms with E-state index in [1.807, 2.05) is 42.3 Å². The molecule has 0 bridgehead atoms. The van der Waals surface area contributed by atoms with Gasteiger partial charge < -0.3 is 15.0 Å². The maximum absolute atomic E-state index is 12.0. The van der Waals surface area contributed by atoms with Crippen molar-refractivity contribution in [3.8, 4) is 0 Å². The van der Waals surface area contributed by atoms with E-state index in [-0.39, 0.29) is 18.6 Å². The van der Waals surface area contributed by atoms with Gasteiger partial charge in [0, 0.05) is 20.6 Å². The Balaban J connectivity index is 1.59. The van der Waals surface area contributed by atoms with E-state index in [4.69, 9.17) is 17.0 Å². The number of rotatable bonds is 7. The number of nitrogens with zero attached hydrogens (tertiary/aromatic N) is 2. The van der Waals surface area contributed by atoms with Crippen LogP contribution in [0.15, 0.2) is 30.3 Å². The molecule has 1 unspecified atom stereocenters. The Kier molecular flexibility index (Phi) is 6.54. The highest BCUT2D eigenvalue weighted by Crippen LogP contribution is 2.18. The van der Waals surface area contributed by atoms with E-state index in [1.54, 1.807) is 7.05 Å². The fraction of sp³-hybridized carbons (Fsp3) is 0.471. The Morgan fingerprint density at radius 3 is 2.58 bits per heavy atom. The molecule has 1 heterocycles. The van der Waals surface area contributed by atoms with Crippen molar-refractivity contribution < 1.29 is 14.3 Å². The Morgan fingerprint density at radius 1 is 1.25 bits per heavy atom. The van der Waals surface area contributed by atoms with Gasteiger partial charge in [0.1, 0.15) is 12.6 Å². The molecule has 2 rings (SSSR count). The van der Waals surface area contributed by atoms with Gasteiger partial charge in [0.25, 0.3) is 5.91 Å². The van der Waals surface area contributed by atoms with Crippen LogP contribution in [-0.4, -0.2) is 53.6 Å². The molecular formula is C17H23N3O3S. The minimum atomic E-state index is -0.422. The highest BCUT2D eigenvalue weighted by Gasteiger charge is 2.37. The molecular weight excluding hydrogens is 326 g/mol. The van der Waals surface area contributed by atoms with Crippen molar-refractivity contribution in [3.63, 3.8) is 0 Å². The van der Waals surface area contributed by atoms with Crippen LogP contribution in [0.2, 0.25) is 0 Å². The number of carbonyl (C=O) groups is 2. The van der Waals surface area contributed by atoms with Crippen molar-refractivity contribution in [2.45, 2.75) is 31.9 Å². The number of ether oxygens (including phenoxy) is 1. The summed E-state index contributed by atoms with van der Waals surface area (Å²) >= 11 is 5.18. The maximum atomic E-state index is 12.0. The summed E-state index contributed by atoms with van der Waals surface area (Å²) in [6.07, 6.45) is 1.92. The van der Waals surface area contributed by atoms with Crippen molar-refractivity contribution >= 4 is 29.3 Å². The first-order valence-electron chi connectivity index (χ1n) is 7.99. The first-order chi connectivity index (χ1) is 11.5. The second-order valence-corrected chi connectivity index (χ2v) is 6.16. The van der Waals surface area contributed by atoms with Crippen LogP contribution in [-0.2, 0) is 16.1 Å². The molecule has 1 N–H and O–H groups in total. The van der Waals surface area contributed by atoms with E-state index in [1.165, 1.54) is 4.90 Å². The SMILES string of the molecule is CN1C(=O)C(CCCCNC(=O)OCc2ccccc2)N(C)C1=S. The number of likely N-dealkylation sites (N-methyl/N-ethyl adjacent to an activating group) is 2. The summed E-state index contributed by atoms with van der Waals surface area (Å²) < 4.78 is 5.13. The summed E-state index contributed by atoms with van der Waals surface area (Å²) in [6.45, 7) is 0.788. The molecule has 1 saturated heterocycles. The lowest BCUT2D eigenvalue weighted by Gasteiger charge is -2.17. The second-order valence-electron chi connectivity index (χ2n) is 5.79. The maximum Gasteiger partial charge on any atom is 0.407 e. The Labute approximate surface area is 147 Å². The quantitative estimate of drug-likeness (QED) is 0.604. The fourth-order valence-electron chi connectivity index (χ4n) is 2.60. The standard InChI is InChI=1S/C17H23N3O3S/c1-19-14(15(21)20(2)17(19)24)10-6-7-11-18-16(22)23-12-13-8-4-3-5-9-13/h3-5,8-9,14H,6-7,10-12H2,1-2H3,(H,18,22). The molecule has 2 amide bonds. The molecule has 24 heavy (non-hydrogen) atoms. The highest BCUT2D eigenvalue weighted by molar-refractivity contribution is 7.80. The molecule has 0 aliphatic carbocycles. The van der Waals surface area contributed by atoms with Gasteiger partial charge in [-0.25, -0.2) is 4.79 Å². The summed E-state index contributed by atoms with van der Waals surface area (Å²) in [7, 11) is 3.54. The Hall–Kier alpha value is -2.15. The molecule has 1 aromatic rings. The molecule has 7 heteroatoms. The molecule has 0 saturated carbocycles. The smallest absolute Gasteiger partial charge is 0.407 e. The molecule has 1 aliphatic heterocycles. The zero-order valence-corrected chi connectivity index (χ0v) is 14.8. The number of alkyl carbamates (subject to hydrolysis) is 1. The number of thiocarbonyl (C=S) groups is 1. The number of unbranched alkanes of at least 4 members (excludes halogenated alkanes) is 1. The monoisotopic (exact) mass is 349 g/mol. The number of amides is 2. The second kappa shape index (κ2) is 8.63. The fourth-order valence-corrected chi connectivity index (χ4v) is 2.81. The minimum Gasteiger partial charge on any atom is -0.445 e. The largest absolute Gasteiger partial charge is 0.445 e. The average Bonchev–Trinajstić information content (AvgIpc) is 2.78. The van der Waals surface area contributed by atoms with Gasteiger partial charge >= 0.3 is 6.09 Å². The normalized spacial score (nSPS) is 17.3. The molecule has 6 nitrogen and oxygen atoms in total. The van der Waals surface area contributed by atoms with Gasteiger partial charge in [-0.1, -0.05) is 30.3 Å². The minimum absolute atomic E-state index is 0.0396. The lowest BCUT2D eigenvalue weighted by molar-refractivity contribution is -0.127. The lowest BCUT2D eigenvalue weighted by atomic mass is 10.1. The zero-order chi connectivity index (χ0) is 17.5. The van der Waals surface area contributed by atoms with Gasteiger partial charge in [0.2, 0.25) is 0 Å². The van der Waals surface area contributed by atoms with Crippen molar-refractivity contribution in [3.05, 3.63) is 35.9 Å². The molecule has 1 atom stereocenters. The molecule has 0 spiro atoms. The number of benzene rings is 1. The van der Waals surface area contributed by atoms with Crippen LogP contribution >= 0.6 is 12.2 Å². The van der Waals surface area contributed by atoms with Crippen LogP contribution in [0.4, 0.5) is 4.79 Å². The zero-order valence-electron chi connectivity index (χ0n) is 14.0. The van der Waals surface area contributed by atoms with Crippen LogP contribution < -0.4 is 5.32 Å². The first-order valence-corrected chi connectivity index (χ1v) is 8.40. The van der Waals surface area contributed by atoms with Gasteiger partial charge in [-0.05, 0) is 37.0 Å². The summed E-state index contributed by atoms with van der Waals surface area (Å²) in [4.78, 5) is 27.0. The van der Waals surface area contributed by atoms with Crippen molar-refractivity contribution in [1.82, 2.24) is 15.1 Å². The summed E-state index contributed by atoms with van der Waals surface area (Å²) in [6, 6.07) is 9.35. The van der Waals surface area contributed by atoms with E-state index in [0.29, 0.717) is 11.7 Å². The van der Waals surface area contributed by atoms with Gasteiger partial charge in [0.15, 0.2) is 5.11 Å². The number of carbonyl (C=O) groups excluding carboxylic acids is 2. The summed E-state index contributed by atoms with van der Waals surface area (Å²) in [5, 5.41) is 3.28. The third-order valence-corrected chi connectivity index (χ3v) is 4.62. The first kappa shape index (κ1) is 18.2. The molecule has 1 aliphatic rings. The third-order valence-electron chi connectivity index (χ3n) is 4.06. The van der Waals surface area contributed by atoms with Gasteiger partial charge in [-0.3, -0.25) is 9.69 Å². The van der Waals surface area contributed by atoms with Crippen LogP contribution in [0.5, 0.6) is 0 Å². The van der Waals surface area contributed by atoms with E-state index < -0.39 is 6.09 Å². The number of hydrogen-bond donors (Lipinski definition) is 1. The van der Waals surface area contributed by atoms with Gasteiger partial charge in [0.05, 0.1) is 0 Å². The summed E-state index contributed by atoms with van der Waals surface area (Å²) in [5.74, 6) is 0.0396. The topological polar surface area (TPSA) is 61.9 Å². The average molecular weight is 349 g/mol. The number of hydrogen-bond acceptors (Lipinski definition) is 4. The van der Waals surface area contributed by atoms with Crippen LogP contribution in [0.25, 0.3) is 0 Å². The lowest BCUT2D eigenvalue weighted by Crippen LogP contribution is -2.31. The predicted molar refractivity (Wildman–Crippen MR) is 95.4 cm³/mol. The molecule has 1 fully saturated rings. The van der Waals surface area contributed by atoms with E-state index in [0.717, 1.165) is 24.8 Å². The predicted octanol–water partition coefficient (Wildman–Crippen LogP) is 2.14. The van der Waals surface area contributed by atoms with Crippen LogP contribution in [0, 0.1) is 0 Å². The van der Waals surface area contributed by atoms with Crippen molar-refractivity contribution in [2.75, 3.05) is 20.6 Å². The highest BCUT2D eigenvalue weighted by atomic mass is 32.1. The Morgan fingerprint density at radius 2 is 1.96 bits per heavy atom. The van der Waals surface area contributed by atoms with Crippen LogP contribution in [0.1, 0.15) is 24.8 Å². The van der Waals surface area contributed by atoms with Gasteiger partial charge in [-0.15, -0.1) is 0 Å². The van der Waals surface area contributed by atoms with Crippen LogP contribution in [0.3, 0.4) is 0 Å². The van der Waals surface area contributed by atoms with Crippen molar-refractivity contribution in [2.24, 2.45) is 0 Å². The van der Waals surface area contributed by atoms with E-state index >= 15 is 0 Å². The summed E-state index contributed by atoms with van der Waals surface area (Å²) in [5.41, 5.74) is 0.954. The third kappa shape index (κ3) is 4.67. The molecule has 0 aromatic heterocycles. The molecule has 1 aromatic carbocycles. The van der Waals surface area contributed by atoms with E-state index in [2.05, 4.69) is 5.32 Å². The molecule has 130 valence electrons. The van der Waals surface area contributed by atoms with Gasteiger partial charge in [-0.2, -0.15) is 0 Å². The Bertz CT molecular complexity index is 594. The molecule has 0 radical (unpaired) electrons. The number of nitrogens with one attached hydrogen (secondary N) is 1.